The van der Waals surface area contributed by atoms with Gasteiger partial charge in [-0.2, -0.15) is 4.98 Å². The van der Waals surface area contributed by atoms with E-state index in [1.165, 1.54) is 0 Å². The molecule has 5 heteroatoms. The molecule has 0 aromatic carbocycles. The molecule has 1 aliphatic rings. The summed E-state index contributed by atoms with van der Waals surface area (Å²) >= 11 is 0. The van der Waals surface area contributed by atoms with Gasteiger partial charge in [0, 0.05) is 12.5 Å². The van der Waals surface area contributed by atoms with Crippen LogP contribution in [0.4, 0.5) is 6.01 Å². The molecule has 0 N–H and O–H groups in total. The Bertz CT molecular complexity index is 371. The van der Waals surface area contributed by atoms with E-state index in [0.717, 1.165) is 25.7 Å². The van der Waals surface area contributed by atoms with Gasteiger partial charge in [0.05, 0.1) is 0 Å². The molecule has 5 nitrogen and oxygen atoms in total. The number of anilines is 1. The molecule has 1 aromatic rings. The van der Waals surface area contributed by atoms with E-state index < -0.39 is 0 Å². The molecule has 1 amide bonds. The Kier molecular flexibility index (Phi) is 3.22. The Morgan fingerprint density at radius 3 is 2.81 bits per heavy atom. The Labute approximate surface area is 94.8 Å². The summed E-state index contributed by atoms with van der Waals surface area (Å²) in [5.41, 5.74) is 0. The average Bonchev–Trinajstić information content (AvgIpc) is 3.03. The lowest BCUT2D eigenvalue weighted by molar-refractivity contribution is -0.120. The smallest absolute Gasteiger partial charge is 0.315 e. The number of amides is 1. The van der Waals surface area contributed by atoms with Gasteiger partial charge >= 0.3 is 6.01 Å². The first-order chi connectivity index (χ1) is 7.72. The van der Waals surface area contributed by atoms with Crippen molar-refractivity contribution in [3.8, 4) is 0 Å². The van der Waals surface area contributed by atoms with Crippen molar-refractivity contribution in [3.05, 3.63) is 5.82 Å². The third-order valence-corrected chi connectivity index (χ3v) is 2.68. The van der Waals surface area contributed by atoms with Crippen LogP contribution in [0, 0.1) is 12.8 Å². The maximum absolute atomic E-state index is 12.0. The summed E-state index contributed by atoms with van der Waals surface area (Å²) in [5.74, 6) is 0.890. The van der Waals surface area contributed by atoms with Crippen molar-refractivity contribution < 1.29 is 9.32 Å². The molecule has 1 fully saturated rings. The first-order valence-corrected chi connectivity index (χ1v) is 5.84. The molecule has 0 spiro atoms. The van der Waals surface area contributed by atoms with Gasteiger partial charge in [-0.15, -0.1) is 0 Å². The second-order valence-electron chi connectivity index (χ2n) is 4.24. The Hall–Kier alpha value is -1.39. The molecular weight excluding hydrogens is 206 g/mol. The van der Waals surface area contributed by atoms with E-state index in [1.54, 1.807) is 11.8 Å². The van der Waals surface area contributed by atoms with Crippen LogP contribution in [0.5, 0.6) is 0 Å². The maximum atomic E-state index is 12.0. The fourth-order valence-electron chi connectivity index (χ4n) is 1.56. The average molecular weight is 223 g/mol. The quantitative estimate of drug-likeness (QED) is 0.765. The molecule has 0 radical (unpaired) electrons. The second-order valence-corrected chi connectivity index (χ2v) is 4.24. The molecule has 16 heavy (non-hydrogen) atoms. The standard InChI is InChI=1S/C11H17N3O2/c1-3-4-7-14(10(15)9-5-6-9)11-12-8(2)13-16-11/h9H,3-7H2,1-2H3. The third-order valence-electron chi connectivity index (χ3n) is 2.68. The van der Waals surface area contributed by atoms with Gasteiger partial charge in [0.15, 0.2) is 5.82 Å². The Morgan fingerprint density at radius 2 is 2.31 bits per heavy atom. The van der Waals surface area contributed by atoms with Crippen molar-refractivity contribution in [1.29, 1.82) is 0 Å². The lowest BCUT2D eigenvalue weighted by Gasteiger charge is -2.17. The molecule has 88 valence electrons. The molecule has 1 heterocycles. The third kappa shape index (κ3) is 2.40. The van der Waals surface area contributed by atoms with Gasteiger partial charge in [-0.1, -0.05) is 18.5 Å². The summed E-state index contributed by atoms with van der Waals surface area (Å²) in [6, 6.07) is 0.350. The molecular formula is C11H17N3O2. The summed E-state index contributed by atoms with van der Waals surface area (Å²) in [4.78, 5) is 17.8. The fourth-order valence-corrected chi connectivity index (χ4v) is 1.56. The number of nitrogens with zero attached hydrogens (tertiary/aromatic N) is 3. The van der Waals surface area contributed by atoms with Crippen molar-refractivity contribution in [3.63, 3.8) is 0 Å². The van der Waals surface area contributed by atoms with E-state index in [0.29, 0.717) is 18.4 Å². The lowest BCUT2D eigenvalue weighted by Crippen LogP contribution is -2.33. The van der Waals surface area contributed by atoms with E-state index >= 15 is 0 Å². The highest BCUT2D eigenvalue weighted by Crippen LogP contribution is 2.32. The Balaban J connectivity index is 2.09. The van der Waals surface area contributed by atoms with Crippen LogP contribution in [-0.4, -0.2) is 22.6 Å². The van der Waals surface area contributed by atoms with Gasteiger partial charge in [0.25, 0.3) is 0 Å². The van der Waals surface area contributed by atoms with Crippen LogP contribution in [0.1, 0.15) is 38.4 Å². The van der Waals surface area contributed by atoms with Crippen molar-refractivity contribution in [1.82, 2.24) is 10.1 Å². The van der Waals surface area contributed by atoms with Crippen LogP contribution in [0.15, 0.2) is 4.52 Å². The number of aryl methyl sites for hydroxylation is 1. The monoisotopic (exact) mass is 223 g/mol. The number of rotatable bonds is 5. The van der Waals surface area contributed by atoms with Crippen molar-refractivity contribution >= 4 is 11.9 Å². The second kappa shape index (κ2) is 4.63. The van der Waals surface area contributed by atoms with Gasteiger partial charge in [-0.25, -0.2) is 0 Å². The Morgan fingerprint density at radius 1 is 1.56 bits per heavy atom. The van der Waals surface area contributed by atoms with Gasteiger partial charge in [-0.05, 0) is 26.2 Å². The van der Waals surface area contributed by atoms with Crippen molar-refractivity contribution in [2.75, 3.05) is 11.4 Å². The molecule has 0 aliphatic heterocycles. The van der Waals surface area contributed by atoms with Crippen LogP contribution in [-0.2, 0) is 4.79 Å². The van der Waals surface area contributed by atoms with E-state index in [2.05, 4.69) is 17.1 Å². The number of unbranched alkanes of at least 4 members (excludes halogenated alkanes) is 1. The first-order valence-electron chi connectivity index (χ1n) is 5.84. The zero-order chi connectivity index (χ0) is 11.5. The number of aromatic nitrogens is 2. The number of carbonyl (C=O) groups excluding carboxylic acids is 1. The van der Waals surface area contributed by atoms with E-state index in [-0.39, 0.29) is 11.8 Å². The fraction of sp³-hybridized carbons (Fsp3) is 0.727. The molecule has 1 aromatic heterocycles. The van der Waals surface area contributed by atoms with Crippen molar-refractivity contribution in [2.45, 2.75) is 39.5 Å². The van der Waals surface area contributed by atoms with Crippen molar-refractivity contribution in [2.24, 2.45) is 5.92 Å². The highest BCUT2D eigenvalue weighted by Gasteiger charge is 2.35. The van der Waals surface area contributed by atoms with E-state index in [4.69, 9.17) is 4.52 Å². The molecule has 0 saturated heterocycles. The van der Waals surface area contributed by atoms with Crippen LogP contribution < -0.4 is 4.90 Å². The summed E-state index contributed by atoms with van der Waals surface area (Å²) in [7, 11) is 0. The highest BCUT2D eigenvalue weighted by atomic mass is 16.5. The van der Waals surface area contributed by atoms with E-state index in [1.807, 2.05) is 0 Å². The van der Waals surface area contributed by atoms with Crippen LogP contribution in [0.3, 0.4) is 0 Å². The lowest BCUT2D eigenvalue weighted by atomic mass is 10.3. The molecule has 1 aliphatic carbocycles. The van der Waals surface area contributed by atoms with Crippen LogP contribution in [0.25, 0.3) is 0 Å². The van der Waals surface area contributed by atoms with Crippen LogP contribution in [0.2, 0.25) is 0 Å². The molecule has 0 atom stereocenters. The largest absolute Gasteiger partial charge is 0.330 e. The predicted molar refractivity (Wildman–Crippen MR) is 59.0 cm³/mol. The first kappa shape index (κ1) is 11.1. The minimum Gasteiger partial charge on any atom is -0.315 e. The summed E-state index contributed by atoms with van der Waals surface area (Å²) < 4.78 is 5.07. The zero-order valence-electron chi connectivity index (χ0n) is 9.77. The zero-order valence-corrected chi connectivity index (χ0v) is 9.77. The summed E-state index contributed by atoms with van der Waals surface area (Å²) in [6.45, 7) is 4.53. The van der Waals surface area contributed by atoms with Gasteiger partial charge in [0.2, 0.25) is 5.91 Å². The SMILES string of the molecule is CCCCN(C(=O)C1CC1)c1nc(C)no1. The van der Waals surface area contributed by atoms with Gasteiger partial charge in [0.1, 0.15) is 0 Å². The minimum absolute atomic E-state index is 0.136. The van der Waals surface area contributed by atoms with E-state index in [9.17, 15) is 4.79 Å². The number of hydrogen-bond acceptors (Lipinski definition) is 4. The molecule has 1 saturated carbocycles. The summed E-state index contributed by atoms with van der Waals surface area (Å²) in [6.07, 6.45) is 3.99. The van der Waals surface area contributed by atoms with Gasteiger partial charge in [-0.3, -0.25) is 9.69 Å². The maximum Gasteiger partial charge on any atom is 0.330 e. The van der Waals surface area contributed by atoms with Crippen LogP contribution >= 0.6 is 0 Å². The molecule has 2 rings (SSSR count). The molecule has 0 bridgehead atoms. The number of carbonyl (C=O) groups is 1. The highest BCUT2D eigenvalue weighted by molar-refractivity contribution is 5.94. The van der Waals surface area contributed by atoms with Gasteiger partial charge < -0.3 is 4.52 Å². The summed E-state index contributed by atoms with van der Waals surface area (Å²) in [5, 5.41) is 3.73. The topological polar surface area (TPSA) is 59.2 Å². The minimum atomic E-state index is 0.136. The molecule has 0 unspecified atom stereocenters. The predicted octanol–water partition coefficient (Wildman–Crippen LogP) is 1.92. The normalized spacial score (nSPS) is 15.1. The number of hydrogen-bond donors (Lipinski definition) is 0.